The number of amides is 1. The standard InChI is InChI=1S/C14H10F2N2O3/c15-10-3-1-2-9(14(20)21)12(10)18-13(19)8-5-4-7(17)6-11(8)16/h1-6H,17H2,(H,18,19)(H,20,21). The molecule has 0 unspecified atom stereocenters. The van der Waals surface area contributed by atoms with Crippen molar-refractivity contribution in [3.05, 3.63) is 59.2 Å². The summed E-state index contributed by atoms with van der Waals surface area (Å²) in [6.07, 6.45) is 0. The molecule has 0 aliphatic rings. The maximum atomic E-state index is 13.7. The molecule has 0 spiro atoms. The van der Waals surface area contributed by atoms with Crippen LogP contribution in [0.3, 0.4) is 0 Å². The van der Waals surface area contributed by atoms with Crippen molar-refractivity contribution in [1.82, 2.24) is 0 Å². The Labute approximate surface area is 118 Å². The zero-order valence-electron chi connectivity index (χ0n) is 10.6. The fourth-order valence-electron chi connectivity index (χ4n) is 1.73. The van der Waals surface area contributed by atoms with Crippen molar-refractivity contribution in [2.24, 2.45) is 0 Å². The number of hydrogen-bond donors (Lipinski definition) is 3. The number of nitrogen functional groups attached to an aromatic ring is 1. The molecule has 2 aromatic rings. The molecule has 21 heavy (non-hydrogen) atoms. The van der Waals surface area contributed by atoms with Gasteiger partial charge in [0.25, 0.3) is 5.91 Å². The number of carboxylic acid groups (broad SMARTS) is 1. The van der Waals surface area contributed by atoms with Crippen LogP contribution in [-0.4, -0.2) is 17.0 Å². The number of hydrogen-bond acceptors (Lipinski definition) is 3. The van der Waals surface area contributed by atoms with Gasteiger partial charge in [0.2, 0.25) is 0 Å². The molecule has 0 heterocycles. The summed E-state index contributed by atoms with van der Waals surface area (Å²) in [6, 6.07) is 6.67. The lowest BCUT2D eigenvalue weighted by Crippen LogP contribution is -2.17. The van der Waals surface area contributed by atoms with Crippen LogP contribution in [0.5, 0.6) is 0 Å². The highest BCUT2D eigenvalue weighted by molar-refractivity contribution is 6.08. The topological polar surface area (TPSA) is 92.4 Å². The van der Waals surface area contributed by atoms with E-state index >= 15 is 0 Å². The number of carbonyl (C=O) groups is 2. The lowest BCUT2D eigenvalue weighted by atomic mass is 10.1. The number of para-hydroxylation sites is 1. The molecule has 5 nitrogen and oxygen atoms in total. The maximum Gasteiger partial charge on any atom is 0.337 e. The first-order chi connectivity index (χ1) is 9.90. The Morgan fingerprint density at radius 2 is 1.76 bits per heavy atom. The van der Waals surface area contributed by atoms with Crippen molar-refractivity contribution < 1.29 is 23.5 Å². The third kappa shape index (κ3) is 2.97. The number of carboxylic acids is 1. The smallest absolute Gasteiger partial charge is 0.337 e. The maximum absolute atomic E-state index is 13.7. The Morgan fingerprint density at radius 3 is 2.38 bits per heavy atom. The number of aromatic carboxylic acids is 1. The van der Waals surface area contributed by atoms with Gasteiger partial charge in [0.05, 0.1) is 16.8 Å². The predicted octanol–water partition coefficient (Wildman–Crippen LogP) is 2.50. The van der Waals surface area contributed by atoms with E-state index in [1.807, 2.05) is 0 Å². The van der Waals surface area contributed by atoms with Gasteiger partial charge in [0.15, 0.2) is 0 Å². The third-order valence-electron chi connectivity index (χ3n) is 2.72. The molecule has 0 atom stereocenters. The lowest BCUT2D eigenvalue weighted by molar-refractivity contribution is 0.0697. The summed E-state index contributed by atoms with van der Waals surface area (Å²) < 4.78 is 27.3. The Bertz CT molecular complexity index is 732. The predicted molar refractivity (Wildman–Crippen MR) is 72.1 cm³/mol. The monoisotopic (exact) mass is 292 g/mol. The quantitative estimate of drug-likeness (QED) is 0.758. The summed E-state index contributed by atoms with van der Waals surface area (Å²) in [4.78, 5) is 22.9. The van der Waals surface area contributed by atoms with Gasteiger partial charge < -0.3 is 16.2 Å². The van der Waals surface area contributed by atoms with Gasteiger partial charge in [-0.1, -0.05) is 6.07 Å². The van der Waals surface area contributed by atoms with Gasteiger partial charge in [-0.3, -0.25) is 4.79 Å². The second kappa shape index (κ2) is 5.58. The highest BCUT2D eigenvalue weighted by Crippen LogP contribution is 2.21. The largest absolute Gasteiger partial charge is 0.478 e. The summed E-state index contributed by atoms with van der Waals surface area (Å²) >= 11 is 0. The molecule has 7 heteroatoms. The molecule has 0 aromatic heterocycles. The second-order valence-corrected chi connectivity index (χ2v) is 4.16. The Balaban J connectivity index is 2.38. The van der Waals surface area contributed by atoms with Crippen molar-refractivity contribution >= 4 is 23.3 Å². The molecular weight excluding hydrogens is 282 g/mol. The number of rotatable bonds is 3. The zero-order chi connectivity index (χ0) is 15.6. The summed E-state index contributed by atoms with van der Waals surface area (Å²) in [5, 5.41) is 11.0. The summed E-state index contributed by atoms with van der Waals surface area (Å²) in [6.45, 7) is 0. The minimum absolute atomic E-state index is 0.126. The molecule has 108 valence electrons. The van der Waals surface area contributed by atoms with E-state index in [2.05, 4.69) is 5.32 Å². The van der Waals surface area contributed by atoms with Gasteiger partial charge >= 0.3 is 5.97 Å². The van der Waals surface area contributed by atoms with E-state index < -0.39 is 34.8 Å². The van der Waals surface area contributed by atoms with Crippen LogP contribution in [0.25, 0.3) is 0 Å². The van der Waals surface area contributed by atoms with Crippen molar-refractivity contribution in [3.8, 4) is 0 Å². The lowest BCUT2D eigenvalue weighted by Gasteiger charge is -2.10. The van der Waals surface area contributed by atoms with Gasteiger partial charge in [-0.05, 0) is 30.3 Å². The number of anilines is 2. The first-order valence-electron chi connectivity index (χ1n) is 5.78. The fourth-order valence-corrected chi connectivity index (χ4v) is 1.73. The molecule has 0 aliphatic carbocycles. The highest BCUT2D eigenvalue weighted by Gasteiger charge is 2.19. The van der Waals surface area contributed by atoms with E-state index in [9.17, 15) is 18.4 Å². The van der Waals surface area contributed by atoms with Crippen molar-refractivity contribution in [1.29, 1.82) is 0 Å². The molecule has 0 bridgehead atoms. The average Bonchev–Trinajstić information content (AvgIpc) is 2.40. The van der Waals surface area contributed by atoms with Crippen LogP contribution in [0.1, 0.15) is 20.7 Å². The molecule has 0 radical (unpaired) electrons. The minimum atomic E-state index is -1.41. The molecule has 0 aliphatic heterocycles. The molecule has 4 N–H and O–H groups in total. The number of nitrogens with two attached hydrogens (primary N) is 1. The van der Waals surface area contributed by atoms with Crippen molar-refractivity contribution in [3.63, 3.8) is 0 Å². The Kier molecular flexibility index (Phi) is 3.84. The van der Waals surface area contributed by atoms with Gasteiger partial charge in [0.1, 0.15) is 11.6 Å². The second-order valence-electron chi connectivity index (χ2n) is 4.16. The van der Waals surface area contributed by atoms with E-state index in [1.54, 1.807) is 0 Å². The first kappa shape index (κ1) is 14.4. The van der Waals surface area contributed by atoms with Crippen LogP contribution in [0, 0.1) is 11.6 Å². The molecule has 0 saturated carbocycles. The Hall–Kier alpha value is -2.96. The number of benzene rings is 2. The Morgan fingerprint density at radius 1 is 1.05 bits per heavy atom. The van der Waals surface area contributed by atoms with Crippen LogP contribution in [-0.2, 0) is 0 Å². The summed E-state index contributed by atoms with van der Waals surface area (Å²) in [5.41, 5.74) is 4.16. The van der Waals surface area contributed by atoms with Crippen LogP contribution in [0.15, 0.2) is 36.4 Å². The number of nitrogens with one attached hydrogen (secondary N) is 1. The van der Waals surface area contributed by atoms with E-state index in [-0.39, 0.29) is 11.3 Å². The fraction of sp³-hybridized carbons (Fsp3) is 0. The molecular formula is C14H10F2N2O3. The van der Waals surface area contributed by atoms with Crippen LogP contribution < -0.4 is 11.1 Å². The summed E-state index contributed by atoms with van der Waals surface area (Å²) in [5.74, 6) is -4.21. The normalized spacial score (nSPS) is 10.2. The molecule has 0 fully saturated rings. The van der Waals surface area contributed by atoms with Crippen LogP contribution >= 0.6 is 0 Å². The molecule has 2 aromatic carbocycles. The van der Waals surface area contributed by atoms with Crippen molar-refractivity contribution in [2.45, 2.75) is 0 Å². The van der Waals surface area contributed by atoms with E-state index in [0.29, 0.717) is 0 Å². The van der Waals surface area contributed by atoms with E-state index in [0.717, 1.165) is 24.3 Å². The van der Waals surface area contributed by atoms with E-state index in [1.165, 1.54) is 12.1 Å². The SMILES string of the molecule is Nc1ccc(C(=O)Nc2c(F)cccc2C(=O)O)c(F)c1. The van der Waals surface area contributed by atoms with E-state index in [4.69, 9.17) is 10.8 Å². The number of halogens is 2. The van der Waals surface area contributed by atoms with Gasteiger partial charge in [-0.15, -0.1) is 0 Å². The summed E-state index contributed by atoms with van der Waals surface area (Å²) in [7, 11) is 0. The van der Waals surface area contributed by atoms with Crippen LogP contribution in [0.2, 0.25) is 0 Å². The number of carbonyl (C=O) groups excluding carboxylic acids is 1. The minimum Gasteiger partial charge on any atom is -0.478 e. The molecule has 0 saturated heterocycles. The highest BCUT2D eigenvalue weighted by atomic mass is 19.1. The first-order valence-corrected chi connectivity index (χ1v) is 5.78. The molecule has 2 rings (SSSR count). The van der Waals surface area contributed by atoms with Gasteiger partial charge in [-0.25, -0.2) is 13.6 Å². The van der Waals surface area contributed by atoms with Gasteiger partial charge in [-0.2, -0.15) is 0 Å². The van der Waals surface area contributed by atoms with Gasteiger partial charge in [0, 0.05) is 5.69 Å². The average molecular weight is 292 g/mol. The zero-order valence-corrected chi connectivity index (χ0v) is 10.6. The van der Waals surface area contributed by atoms with Crippen molar-refractivity contribution in [2.75, 3.05) is 11.1 Å². The third-order valence-corrected chi connectivity index (χ3v) is 2.72. The molecule has 1 amide bonds. The van der Waals surface area contributed by atoms with Crippen LogP contribution in [0.4, 0.5) is 20.2 Å².